The van der Waals surface area contributed by atoms with Crippen molar-refractivity contribution in [3.05, 3.63) is 28.5 Å². The molecule has 94 valence electrons. The third-order valence-electron chi connectivity index (χ3n) is 1.85. The first-order valence-electron chi connectivity index (χ1n) is 4.71. The SMILES string of the molecule is CCOC(=O)Cc1cc(Cl)c(C(F)(F)F)cn1. The zero-order valence-corrected chi connectivity index (χ0v) is 9.60. The number of rotatable bonds is 3. The van der Waals surface area contributed by atoms with Crippen LogP contribution in [0.1, 0.15) is 18.2 Å². The van der Waals surface area contributed by atoms with Crippen LogP contribution in [0.4, 0.5) is 13.2 Å². The molecule has 0 atom stereocenters. The van der Waals surface area contributed by atoms with Crippen molar-refractivity contribution in [3.8, 4) is 0 Å². The van der Waals surface area contributed by atoms with E-state index in [1.807, 2.05) is 0 Å². The maximum absolute atomic E-state index is 12.3. The zero-order chi connectivity index (χ0) is 13.1. The number of carbonyl (C=O) groups is 1. The first-order chi connectivity index (χ1) is 7.84. The van der Waals surface area contributed by atoms with E-state index < -0.39 is 22.7 Å². The van der Waals surface area contributed by atoms with Crippen molar-refractivity contribution in [2.24, 2.45) is 0 Å². The predicted molar refractivity (Wildman–Crippen MR) is 54.6 cm³/mol. The summed E-state index contributed by atoms with van der Waals surface area (Å²) in [4.78, 5) is 14.6. The molecule has 0 fully saturated rings. The lowest BCUT2D eigenvalue weighted by molar-refractivity contribution is -0.142. The molecule has 0 bridgehead atoms. The summed E-state index contributed by atoms with van der Waals surface area (Å²) in [6.45, 7) is 1.83. The van der Waals surface area contributed by atoms with Gasteiger partial charge in [-0.1, -0.05) is 11.6 Å². The van der Waals surface area contributed by atoms with Crippen LogP contribution in [0.2, 0.25) is 5.02 Å². The Kier molecular flexibility index (Phi) is 4.34. The fourth-order valence-corrected chi connectivity index (χ4v) is 1.42. The molecule has 0 unspecified atom stereocenters. The maximum atomic E-state index is 12.3. The highest BCUT2D eigenvalue weighted by atomic mass is 35.5. The van der Waals surface area contributed by atoms with Crippen molar-refractivity contribution in [3.63, 3.8) is 0 Å². The molecule has 0 N–H and O–H groups in total. The second-order valence-corrected chi connectivity index (χ2v) is 3.54. The summed E-state index contributed by atoms with van der Waals surface area (Å²) >= 11 is 5.46. The van der Waals surface area contributed by atoms with E-state index in [-0.39, 0.29) is 18.7 Å². The van der Waals surface area contributed by atoms with Crippen LogP contribution in [0, 0.1) is 0 Å². The second kappa shape index (κ2) is 5.35. The molecule has 0 amide bonds. The molecule has 0 spiro atoms. The number of esters is 1. The molecule has 0 aliphatic rings. The standard InChI is InChI=1S/C10H9ClF3NO2/c1-2-17-9(16)4-6-3-8(11)7(5-15-6)10(12,13)14/h3,5H,2,4H2,1H3. The van der Waals surface area contributed by atoms with Gasteiger partial charge in [0.2, 0.25) is 0 Å². The molecule has 1 aromatic rings. The molecule has 0 aliphatic carbocycles. The van der Waals surface area contributed by atoms with Crippen molar-refractivity contribution in [2.75, 3.05) is 6.61 Å². The maximum Gasteiger partial charge on any atom is 0.419 e. The van der Waals surface area contributed by atoms with Gasteiger partial charge in [0.25, 0.3) is 0 Å². The van der Waals surface area contributed by atoms with Crippen molar-refractivity contribution < 1.29 is 22.7 Å². The zero-order valence-electron chi connectivity index (χ0n) is 8.84. The molecular weight excluding hydrogens is 259 g/mol. The molecule has 1 aromatic heterocycles. The summed E-state index contributed by atoms with van der Waals surface area (Å²) in [5, 5.41) is -0.480. The van der Waals surface area contributed by atoms with Gasteiger partial charge in [-0.25, -0.2) is 0 Å². The molecule has 0 aromatic carbocycles. The highest BCUT2D eigenvalue weighted by Gasteiger charge is 2.33. The molecule has 0 saturated carbocycles. The van der Waals surface area contributed by atoms with Gasteiger partial charge in [-0.2, -0.15) is 13.2 Å². The Hall–Kier alpha value is -1.30. The number of nitrogens with zero attached hydrogens (tertiary/aromatic N) is 1. The van der Waals surface area contributed by atoms with Gasteiger partial charge in [-0.3, -0.25) is 9.78 Å². The van der Waals surface area contributed by atoms with Crippen molar-refractivity contribution in [2.45, 2.75) is 19.5 Å². The Morgan fingerprint density at radius 2 is 2.18 bits per heavy atom. The number of halogens is 4. The third-order valence-corrected chi connectivity index (χ3v) is 2.16. The van der Waals surface area contributed by atoms with Crippen LogP contribution in [0.5, 0.6) is 0 Å². The molecule has 0 radical (unpaired) electrons. The second-order valence-electron chi connectivity index (χ2n) is 3.14. The Labute approximate surface area is 101 Å². The summed E-state index contributed by atoms with van der Waals surface area (Å²) in [5.74, 6) is -0.559. The third kappa shape index (κ3) is 3.89. The number of ether oxygens (including phenoxy) is 1. The van der Waals surface area contributed by atoms with Crippen molar-refractivity contribution >= 4 is 17.6 Å². The normalized spacial score (nSPS) is 11.4. The molecule has 3 nitrogen and oxygen atoms in total. The van der Waals surface area contributed by atoms with Crippen LogP contribution in [0.3, 0.4) is 0 Å². The topological polar surface area (TPSA) is 39.2 Å². The summed E-state index contributed by atoms with van der Waals surface area (Å²) < 4.78 is 41.7. The molecular formula is C10H9ClF3NO2. The van der Waals surface area contributed by atoms with E-state index in [1.54, 1.807) is 6.92 Å². The van der Waals surface area contributed by atoms with Gasteiger partial charge in [0, 0.05) is 6.20 Å². The quantitative estimate of drug-likeness (QED) is 0.791. The smallest absolute Gasteiger partial charge is 0.419 e. The lowest BCUT2D eigenvalue weighted by atomic mass is 10.2. The highest BCUT2D eigenvalue weighted by molar-refractivity contribution is 6.31. The summed E-state index contributed by atoms with van der Waals surface area (Å²) in [6.07, 6.45) is -4.14. The van der Waals surface area contributed by atoms with Gasteiger partial charge in [0.15, 0.2) is 0 Å². The molecule has 0 aliphatic heterocycles. The number of aromatic nitrogens is 1. The van der Waals surface area contributed by atoms with Gasteiger partial charge in [0.1, 0.15) is 0 Å². The number of hydrogen-bond acceptors (Lipinski definition) is 3. The minimum absolute atomic E-state index is 0.140. The van der Waals surface area contributed by atoms with Gasteiger partial charge >= 0.3 is 12.1 Å². The molecule has 17 heavy (non-hydrogen) atoms. The highest BCUT2D eigenvalue weighted by Crippen LogP contribution is 2.34. The van der Waals surface area contributed by atoms with Gasteiger partial charge in [-0.05, 0) is 13.0 Å². The van der Waals surface area contributed by atoms with Crippen LogP contribution >= 0.6 is 11.6 Å². The van der Waals surface area contributed by atoms with E-state index in [4.69, 9.17) is 11.6 Å². The summed E-state index contributed by atoms with van der Waals surface area (Å²) in [7, 11) is 0. The van der Waals surface area contributed by atoms with E-state index in [0.29, 0.717) is 6.20 Å². The van der Waals surface area contributed by atoms with Crippen LogP contribution in [0.25, 0.3) is 0 Å². The van der Waals surface area contributed by atoms with Gasteiger partial charge in [0.05, 0.1) is 29.3 Å². The number of alkyl halides is 3. The minimum Gasteiger partial charge on any atom is -0.466 e. The molecule has 0 saturated heterocycles. The first kappa shape index (κ1) is 13.8. The predicted octanol–water partition coefficient (Wildman–Crippen LogP) is 2.86. The monoisotopic (exact) mass is 267 g/mol. The van der Waals surface area contributed by atoms with Gasteiger partial charge < -0.3 is 4.74 Å². The largest absolute Gasteiger partial charge is 0.466 e. The Morgan fingerprint density at radius 1 is 1.53 bits per heavy atom. The van der Waals surface area contributed by atoms with E-state index in [0.717, 1.165) is 6.07 Å². The fourth-order valence-electron chi connectivity index (χ4n) is 1.14. The van der Waals surface area contributed by atoms with E-state index in [1.165, 1.54) is 0 Å². The first-order valence-corrected chi connectivity index (χ1v) is 5.09. The Balaban J connectivity index is 2.86. The van der Waals surface area contributed by atoms with Crippen molar-refractivity contribution in [1.82, 2.24) is 4.98 Å². The van der Waals surface area contributed by atoms with E-state index in [2.05, 4.69) is 9.72 Å². The molecule has 1 heterocycles. The number of carbonyl (C=O) groups excluding carboxylic acids is 1. The van der Waals surface area contributed by atoms with Crippen LogP contribution in [0.15, 0.2) is 12.3 Å². The lowest BCUT2D eigenvalue weighted by Gasteiger charge is -2.09. The van der Waals surface area contributed by atoms with Crippen LogP contribution in [-0.2, 0) is 22.1 Å². The average Bonchev–Trinajstić information content (AvgIpc) is 2.15. The summed E-state index contributed by atoms with van der Waals surface area (Å²) in [5.41, 5.74) is -0.881. The molecule has 7 heteroatoms. The van der Waals surface area contributed by atoms with Gasteiger partial charge in [-0.15, -0.1) is 0 Å². The Morgan fingerprint density at radius 3 is 2.65 bits per heavy atom. The minimum atomic E-state index is -4.55. The number of hydrogen-bond donors (Lipinski definition) is 0. The summed E-state index contributed by atoms with van der Waals surface area (Å²) in [6, 6.07) is 1.02. The van der Waals surface area contributed by atoms with Crippen LogP contribution < -0.4 is 0 Å². The fraction of sp³-hybridized carbons (Fsp3) is 0.400. The van der Waals surface area contributed by atoms with Crippen LogP contribution in [-0.4, -0.2) is 17.6 Å². The molecule has 1 rings (SSSR count). The number of pyridine rings is 1. The van der Waals surface area contributed by atoms with E-state index >= 15 is 0 Å². The average molecular weight is 268 g/mol. The van der Waals surface area contributed by atoms with E-state index in [9.17, 15) is 18.0 Å². The van der Waals surface area contributed by atoms with Crippen molar-refractivity contribution in [1.29, 1.82) is 0 Å². The lowest BCUT2D eigenvalue weighted by Crippen LogP contribution is -2.11. The Bertz CT molecular complexity index is 421.